The number of hydrogen-bond donors (Lipinski definition) is 1. The normalized spacial score (nSPS) is 10.6. The molecular weight excluding hydrogens is 311 g/mol. The second-order valence-electron chi connectivity index (χ2n) is 2.33. The van der Waals surface area contributed by atoms with E-state index in [1.54, 1.807) is 0 Å². The average molecular weight is 315 g/mol. The number of alkyl halides is 2. The molecule has 0 atom stereocenters. The molecule has 0 amide bonds. The topological polar surface area (TPSA) is 82.0 Å². The standard InChI is InChI=1S/C6H4F2IN3O2/c7-5(8)4-2(10)1-3(12(13)14)6(9)11-4/h1,5H,10H2. The Balaban J connectivity index is 3.31. The first kappa shape index (κ1) is 11.0. The van der Waals surface area contributed by atoms with Crippen LogP contribution >= 0.6 is 22.6 Å². The van der Waals surface area contributed by atoms with Gasteiger partial charge in [0.25, 0.3) is 6.43 Å². The summed E-state index contributed by atoms with van der Waals surface area (Å²) in [5.74, 6) is 0. The molecule has 0 aromatic carbocycles. The van der Waals surface area contributed by atoms with E-state index in [9.17, 15) is 18.9 Å². The van der Waals surface area contributed by atoms with Crippen LogP contribution < -0.4 is 5.73 Å². The zero-order chi connectivity index (χ0) is 10.9. The molecule has 0 fully saturated rings. The van der Waals surface area contributed by atoms with Crippen molar-refractivity contribution in [3.05, 3.63) is 25.6 Å². The van der Waals surface area contributed by atoms with Crippen LogP contribution in [0.4, 0.5) is 20.2 Å². The van der Waals surface area contributed by atoms with Crippen LogP contribution in [-0.4, -0.2) is 9.91 Å². The van der Waals surface area contributed by atoms with E-state index >= 15 is 0 Å². The first-order valence-corrected chi connectivity index (χ1v) is 4.39. The highest BCUT2D eigenvalue weighted by Gasteiger charge is 2.21. The van der Waals surface area contributed by atoms with Crippen LogP contribution in [0.2, 0.25) is 0 Å². The molecule has 1 aromatic rings. The summed E-state index contributed by atoms with van der Waals surface area (Å²) in [5.41, 5.74) is 3.82. The van der Waals surface area contributed by atoms with Crippen molar-refractivity contribution in [1.29, 1.82) is 0 Å². The molecule has 1 aromatic heterocycles. The Morgan fingerprint density at radius 1 is 1.64 bits per heavy atom. The van der Waals surface area contributed by atoms with E-state index in [1.165, 1.54) is 22.6 Å². The lowest BCUT2D eigenvalue weighted by atomic mass is 10.3. The SMILES string of the molecule is Nc1cc([N+](=O)[O-])c(I)nc1C(F)F. The summed E-state index contributed by atoms with van der Waals surface area (Å²) < 4.78 is 24.4. The Morgan fingerprint density at radius 2 is 2.21 bits per heavy atom. The van der Waals surface area contributed by atoms with Crippen molar-refractivity contribution in [3.8, 4) is 0 Å². The Labute approximate surface area is 90.6 Å². The number of anilines is 1. The second-order valence-corrected chi connectivity index (χ2v) is 3.35. The fraction of sp³-hybridized carbons (Fsp3) is 0.167. The molecule has 1 rings (SSSR count). The Kier molecular flexibility index (Phi) is 3.13. The summed E-state index contributed by atoms with van der Waals surface area (Å²) in [7, 11) is 0. The highest BCUT2D eigenvalue weighted by Crippen LogP contribution is 2.29. The van der Waals surface area contributed by atoms with Crippen molar-refractivity contribution in [2.24, 2.45) is 0 Å². The van der Waals surface area contributed by atoms with Crippen LogP contribution in [-0.2, 0) is 0 Å². The maximum atomic E-state index is 12.2. The molecular formula is C6H4F2IN3O2. The molecule has 1 heterocycles. The van der Waals surface area contributed by atoms with Crippen molar-refractivity contribution in [3.63, 3.8) is 0 Å². The van der Waals surface area contributed by atoms with Crippen LogP contribution in [0.25, 0.3) is 0 Å². The fourth-order valence-electron chi connectivity index (χ4n) is 0.811. The Morgan fingerprint density at radius 3 is 2.64 bits per heavy atom. The number of rotatable bonds is 2. The number of nitrogens with zero attached hydrogens (tertiary/aromatic N) is 2. The fourth-order valence-corrected chi connectivity index (χ4v) is 1.42. The molecule has 0 aliphatic carbocycles. The van der Waals surface area contributed by atoms with Gasteiger partial charge in [0, 0.05) is 6.07 Å². The van der Waals surface area contributed by atoms with Crippen LogP contribution in [0.5, 0.6) is 0 Å². The molecule has 5 nitrogen and oxygen atoms in total. The van der Waals surface area contributed by atoms with Crippen LogP contribution in [0.1, 0.15) is 12.1 Å². The zero-order valence-electron chi connectivity index (χ0n) is 6.58. The van der Waals surface area contributed by atoms with Gasteiger partial charge in [-0.15, -0.1) is 0 Å². The molecule has 2 N–H and O–H groups in total. The summed E-state index contributed by atoms with van der Waals surface area (Å²) in [5, 5.41) is 10.4. The molecule has 0 saturated carbocycles. The smallest absolute Gasteiger partial charge is 0.303 e. The molecule has 0 unspecified atom stereocenters. The maximum absolute atomic E-state index is 12.2. The van der Waals surface area contributed by atoms with Crippen molar-refractivity contribution in [2.75, 3.05) is 5.73 Å². The number of halogens is 3. The summed E-state index contributed by atoms with van der Waals surface area (Å²) in [4.78, 5) is 13.0. The lowest BCUT2D eigenvalue weighted by Crippen LogP contribution is -2.03. The van der Waals surface area contributed by atoms with Crippen molar-refractivity contribution >= 4 is 34.0 Å². The van der Waals surface area contributed by atoms with Crippen LogP contribution in [0, 0.1) is 13.8 Å². The third-order valence-corrected chi connectivity index (χ3v) is 2.22. The van der Waals surface area contributed by atoms with Crippen LogP contribution in [0.3, 0.4) is 0 Å². The van der Waals surface area contributed by atoms with E-state index in [2.05, 4.69) is 4.98 Å². The third kappa shape index (κ3) is 2.05. The van der Waals surface area contributed by atoms with Gasteiger partial charge < -0.3 is 5.73 Å². The Bertz CT molecular complexity index is 386. The highest BCUT2D eigenvalue weighted by atomic mass is 127. The summed E-state index contributed by atoms with van der Waals surface area (Å²) in [6.07, 6.45) is -2.83. The second kappa shape index (κ2) is 3.98. The Hall–Kier alpha value is -1.06. The molecule has 0 aliphatic rings. The van der Waals surface area contributed by atoms with Gasteiger partial charge in [0.1, 0.15) is 5.69 Å². The number of pyridine rings is 1. The van der Waals surface area contributed by atoms with Crippen molar-refractivity contribution in [1.82, 2.24) is 4.98 Å². The minimum absolute atomic E-state index is 0.0999. The lowest BCUT2D eigenvalue weighted by Gasteiger charge is -2.03. The lowest BCUT2D eigenvalue weighted by molar-refractivity contribution is -0.386. The van der Waals surface area contributed by atoms with Gasteiger partial charge in [-0.2, -0.15) is 0 Å². The van der Waals surface area contributed by atoms with Crippen LogP contribution in [0.15, 0.2) is 6.07 Å². The summed E-state index contributed by atoms with van der Waals surface area (Å²) in [6, 6.07) is 0.885. The molecule has 8 heteroatoms. The number of hydrogen-bond acceptors (Lipinski definition) is 4. The van der Waals surface area contributed by atoms with E-state index < -0.39 is 17.0 Å². The van der Waals surface area contributed by atoms with E-state index in [0.29, 0.717) is 0 Å². The van der Waals surface area contributed by atoms with E-state index in [-0.39, 0.29) is 15.1 Å². The molecule has 0 radical (unpaired) electrons. The van der Waals surface area contributed by atoms with Crippen molar-refractivity contribution < 1.29 is 13.7 Å². The monoisotopic (exact) mass is 315 g/mol. The largest absolute Gasteiger partial charge is 0.397 e. The first-order chi connectivity index (χ1) is 6.43. The maximum Gasteiger partial charge on any atom is 0.303 e. The van der Waals surface area contributed by atoms with Gasteiger partial charge in [0.05, 0.1) is 10.6 Å². The minimum atomic E-state index is -2.83. The summed E-state index contributed by atoms with van der Waals surface area (Å²) >= 11 is 1.51. The van der Waals surface area contributed by atoms with E-state index in [4.69, 9.17) is 5.73 Å². The van der Waals surface area contributed by atoms with Gasteiger partial charge in [-0.1, -0.05) is 0 Å². The number of nitrogens with two attached hydrogens (primary N) is 1. The van der Waals surface area contributed by atoms with Gasteiger partial charge in [0.2, 0.25) is 0 Å². The first-order valence-electron chi connectivity index (χ1n) is 3.32. The molecule has 0 spiro atoms. The third-order valence-electron chi connectivity index (χ3n) is 1.42. The van der Waals surface area contributed by atoms with E-state index in [0.717, 1.165) is 6.07 Å². The van der Waals surface area contributed by atoms with Gasteiger partial charge >= 0.3 is 5.69 Å². The summed E-state index contributed by atoms with van der Waals surface area (Å²) in [6.45, 7) is 0. The zero-order valence-corrected chi connectivity index (χ0v) is 8.73. The van der Waals surface area contributed by atoms with Gasteiger partial charge in [-0.3, -0.25) is 10.1 Å². The quantitative estimate of drug-likeness (QED) is 0.392. The van der Waals surface area contributed by atoms with Gasteiger partial charge in [0.15, 0.2) is 3.70 Å². The predicted molar refractivity (Wildman–Crippen MR) is 53.0 cm³/mol. The van der Waals surface area contributed by atoms with Gasteiger partial charge in [-0.05, 0) is 22.6 Å². The van der Waals surface area contributed by atoms with Gasteiger partial charge in [-0.25, -0.2) is 13.8 Å². The average Bonchev–Trinajstić information content (AvgIpc) is 2.07. The number of aromatic nitrogens is 1. The molecule has 0 bridgehead atoms. The predicted octanol–water partition coefficient (Wildman–Crippen LogP) is 2.11. The molecule has 0 aliphatic heterocycles. The highest BCUT2D eigenvalue weighted by molar-refractivity contribution is 14.1. The molecule has 14 heavy (non-hydrogen) atoms. The molecule has 0 saturated heterocycles. The molecule has 76 valence electrons. The van der Waals surface area contributed by atoms with E-state index in [1.807, 2.05) is 0 Å². The number of nitrogen functional groups attached to an aromatic ring is 1. The minimum Gasteiger partial charge on any atom is -0.397 e. The number of nitro groups is 1. The van der Waals surface area contributed by atoms with Crippen molar-refractivity contribution in [2.45, 2.75) is 6.43 Å².